The van der Waals surface area contributed by atoms with E-state index in [9.17, 15) is 0 Å². The maximum atomic E-state index is 6.16. The third-order valence-electron chi connectivity index (χ3n) is 2.62. The van der Waals surface area contributed by atoms with E-state index in [1.54, 1.807) is 0 Å². The van der Waals surface area contributed by atoms with Crippen LogP contribution in [0.25, 0.3) is 0 Å². The standard InChI is InChI=1S/C12H16BrNO2/c1-7(2)3-10(14)8-4-11-12(5-9(8)13)16-6-15-11/h4-5,7,10H,3,6,14H2,1-2H3/t10-/m0/s1. The Kier molecular flexibility index (Phi) is 3.40. The van der Waals surface area contributed by atoms with Crippen molar-refractivity contribution >= 4 is 15.9 Å². The van der Waals surface area contributed by atoms with Gasteiger partial charge in [0.15, 0.2) is 11.5 Å². The first kappa shape index (κ1) is 11.7. The first-order chi connectivity index (χ1) is 7.58. The summed E-state index contributed by atoms with van der Waals surface area (Å²) < 4.78 is 11.6. The third kappa shape index (κ3) is 2.33. The van der Waals surface area contributed by atoms with Crippen LogP contribution in [-0.4, -0.2) is 6.79 Å². The van der Waals surface area contributed by atoms with Crippen LogP contribution >= 0.6 is 15.9 Å². The summed E-state index contributed by atoms with van der Waals surface area (Å²) in [5.74, 6) is 2.15. The van der Waals surface area contributed by atoms with Crippen LogP contribution in [0.1, 0.15) is 31.9 Å². The molecular weight excluding hydrogens is 270 g/mol. The Bertz CT molecular complexity index is 393. The summed E-state index contributed by atoms with van der Waals surface area (Å²) in [5.41, 5.74) is 7.25. The second kappa shape index (κ2) is 4.63. The molecule has 2 rings (SSSR count). The van der Waals surface area contributed by atoms with E-state index >= 15 is 0 Å². The fraction of sp³-hybridized carbons (Fsp3) is 0.500. The van der Waals surface area contributed by atoms with Crippen LogP contribution in [0.15, 0.2) is 16.6 Å². The van der Waals surface area contributed by atoms with Gasteiger partial charge in [-0.3, -0.25) is 0 Å². The molecule has 0 fully saturated rings. The third-order valence-corrected chi connectivity index (χ3v) is 3.30. The molecule has 2 N–H and O–H groups in total. The number of rotatable bonds is 3. The van der Waals surface area contributed by atoms with Gasteiger partial charge in [-0.1, -0.05) is 29.8 Å². The maximum Gasteiger partial charge on any atom is 0.231 e. The largest absolute Gasteiger partial charge is 0.454 e. The highest BCUT2D eigenvalue weighted by Gasteiger charge is 2.19. The zero-order valence-corrected chi connectivity index (χ0v) is 11.1. The maximum absolute atomic E-state index is 6.16. The molecule has 88 valence electrons. The van der Waals surface area contributed by atoms with E-state index in [0.29, 0.717) is 12.7 Å². The number of hydrogen-bond acceptors (Lipinski definition) is 3. The molecule has 1 aliphatic heterocycles. The smallest absolute Gasteiger partial charge is 0.231 e. The minimum atomic E-state index is 0.0314. The summed E-state index contributed by atoms with van der Waals surface area (Å²) in [5, 5.41) is 0. The average molecular weight is 286 g/mol. The summed E-state index contributed by atoms with van der Waals surface area (Å²) in [4.78, 5) is 0. The SMILES string of the molecule is CC(C)C[C@H](N)c1cc2c(cc1Br)OCO2. The Morgan fingerprint density at radius 3 is 2.56 bits per heavy atom. The van der Waals surface area contributed by atoms with Gasteiger partial charge in [0, 0.05) is 10.5 Å². The lowest BCUT2D eigenvalue weighted by Crippen LogP contribution is -2.13. The molecule has 16 heavy (non-hydrogen) atoms. The number of nitrogens with two attached hydrogens (primary N) is 1. The van der Waals surface area contributed by atoms with Crippen molar-refractivity contribution < 1.29 is 9.47 Å². The molecule has 0 unspecified atom stereocenters. The van der Waals surface area contributed by atoms with E-state index in [1.165, 1.54) is 0 Å². The first-order valence-corrected chi connectivity index (χ1v) is 6.22. The summed E-state index contributed by atoms with van der Waals surface area (Å²) in [6.45, 7) is 4.63. The molecule has 4 heteroatoms. The Balaban J connectivity index is 2.27. The Hall–Kier alpha value is -0.740. The van der Waals surface area contributed by atoms with E-state index in [-0.39, 0.29) is 6.04 Å². The number of halogens is 1. The van der Waals surface area contributed by atoms with Crippen molar-refractivity contribution in [3.63, 3.8) is 0 Å². The molecule has 0 aromatic heterocycles. The zero-order chi connectivity index (χ0) is 11.7. The minimum absolute atomic E-state index is 0.0314. The van der Waals surface area contributed by atoms with Crippen LogP contribution in [0, 0.1) is 5.92 Å². The summed E-state index contributed by atoms with van der Waals surface area (Å²) in [6, 6.07) is 3.93. The molecule has 1 aromatic carbocycles. The van der Waals surface area contributed by atoms with E-state index < -0.39 is 0 Å². The fourth-order valence-corrected chi connectivity index (χ4v) is 2.47. The van der Waals surface area contributed by atoms with Crippen molar-refractivity contribution in [3.8, 4) is 11.5 Å². The molecular formula is C12H16BrNO2. The van der Waals surface area contributed by atoms with Gasteiger partial charge in [0.2, 0.25) is 6.79 Å². The number of fused-ring (bicyclic) bond motifs is 1. The highest BCUT2D eigenvalue weighted by atomic mass is 79.9. The molecule has 1 aliphatic rings. The van der Waals surface area contributed by atoms with Gasteiger partial charge >= 0.3 is 0 Å². The number of ether oxygens (including phenoxy) is 2. The van der Waals surface area contributed by atoms with Gasteiger partial charge in [-0.15, -0.1) is 0 Å². The molecule has 0 saturated carbocycles. The molecule has 0 spiro atoms. The predicted molar refractivity (Wildman–Crippen MR) is 66.6 cm³/mol. The molecule has 3 nitrogen and oxygen atoms in total. The lowest BCUT2D eigenvalue weighted by atomic mass is 9.97. The summed E-state index contributed by atoms with van der Waals surface area (Å²) >= 11 is 3.52. The monoisotopic (exact) mass is 285 g/mol. The van der Waals surface area contributed by atoms with Crippen LogP contribution in [0.5, 0.6) is 11.5 Å². The van der Waals surface area contributed by atoms with Gasteiger partial charge < -0.3 is 15.2 Å². The Morgan fingerprint density at radius 2 is 1.94 bits per heavy atom. The van der Waals surface area contributed by atoms with Crippen LogP contribution in [0.3, 0.4) is 0 Å². The van der Waals surface area contributed by atoms with Crippen molar-refractivity contribution in [2.75, 3.05) is 6.79 Å². The molecule has 0 amide bonds. The van der Waals surface area contributed by atoms with Crippen LogP contribution < -0.4 is 15.2 Å². The molecule has 1 heterocycles. The number of hydrogen-bond donors (Lipinski definition) is 1. The van der Waals surface area contributed by atoms with Crippen molar-refractivity contribution in [2.45, 2.75) is 26.3 Å². The molecule has 1 aromatic rings. The van der Waals surface area contributed by atoms with Crippen molar-refractivity contribution in [3.05, 3.63) is 22.2 Å². The number of benzene rings is 1. The van der Waals surface area contributed by atoms with Gasteiger partial charge in [-0.25, -0.2) is 0 Å². The molecule has 0 aliphatic carbocycles. The zero-order valence-electron chi connectivity index (χ0n) is 9.50. The van der Waals surface area contributed by atoms with Gasteiger partial charge in [0.25, 0.3) is 0 Å². The normalized spacial score (nSPS) is 15.6. The van der Waals surface area contributed by atoms with E-state index in [2.05, 4.69) is 29.8 Å². The van der Waals surface area contributed by atoms with Gasteiger partial charge in [-0.05, 0) is 30.0 Å². The second-order valence-electron chi connectivity index (χ2n) is 4.46. The van der Waals surface area contributed by atoms with E-state index in [4.69, 9.17) is 15.2 Å². The topological polar surface area (TPSA) is 44.5 Å². The van der Waals surface area contributed by atoms with Gasteiger partial charge in [0.05, 0.1) is 0 Å². The predicted octanol–water partition coefficient (Wildman–Crippen LogP) is 3.22. The highest BCUT2D eigenvalue weighted by Crippen LogP contribution is 2.39. The van der Waals surface area contributed by atoms with Crippen LogP contribution in [0.2, 0.25) is 0 Å². The highest BCUT2D eigenvalue weighted by molar-refractivity contribution is 9.10. The van der Waals surface area contributed by atoms with Gasteiger partial charge in [0.1, 0.15) is 0 Å². The van der Waals surface area contributed by atoms with Crippen molar-refractivity contribution in [1.29, 1.82) is 0 Å². The minimum Gasteiger partial charge on any atom is -0.454 e. The average Bonchev–Trinajstić information content (AvgIpc) is 2.61. The molecule has 0 saturated heterocycles. The fourth-order valence-electron chi connectivity index (χ4n) is 1.85. The quantitative estimate of drug-likeness (QED) is 0.927. The van der Waals surface area contributed by atoms with Crippen LogP contribution in [0.4, 0.5) is 0 Å². The Labute approximate surface area is 104 Å². The Morgan fingerprint density at radius 1 is 1.31 bits per heavy atom. The van der Waals surface area contributed by atoms with E-state index in [0.717, 1.165) is 28.0 Å². The van der Waals surface area contributed by atoms with E-state index in [1.807, 2.05) is 12.1 Å². The summed E-state index contributed by atoms with van der Waals surface area (Å²) in [7, 11) is 0. The van der Waals surface area contributed by atoms with Crippen molar-refractivity contribution in [1.82, 2.24) is 0 Å². The lowest BCUT2D eigenvalue weighted by Gasteiger charge is -2.16. The second-order valence-corrected chi connectivity index (χ2v) is 5.32. The van der Waals surface area contributed by atoms with Crippen molar-refractivity contribution in [2.24, 2.45) is 11.7 Å². The summed E-state index contributed by atoms with van der Waals surface area (Å²) in [6.07, 6.45) is 0.957. The lowest BCUT2D eigenvalue weighted by molar-refractivity contribution is 0.174. The molecule has 0 bridgehead atoms. The first-order valence-electron chi connectivity index (χ1n) is 5.42. The van der Waals surface area contributed by atoms with Gasteiger partial charge in [-0.2, -0.15) is 0 Å². The molecule has 0 radical (unpaired) electrons. The van der Waals surface area contributed by atoms with Crippen LogP contribution in [-0.2, 0) is 0 Å². The molecule has 1 atom stereocenters.